The standard InChI is InChI=1S/C17H26N6O2/c1-4-6-15-19-16(25-21-15)8-9-17(24)22-10-5-7-14(11-22)23-13(3)18-12(2)20-23/h14H,4-11H2,1-3H3/t14-/m1/s1. The summed E-state index contributed by atoms with van der Waals surface area (Å²) in [5, 5.41) is 8.41. The van der Waals surface area contributed by atoms with Gasteiger partial charge >= 0.3 is 0 Å². The molecule has 1 amide bonds. The summed E-state index contributed by atoms with van der Waals surface area (Å²) < 4.78 is 7.17. The van der Waals surface area contributed by atoms with E-state index in [0.29, 0.717) is 25.3 Å². The van der Waals surface area contributed by atoms with E-state index in [2.05, 4.69) is 27.1 Å². The lowest BCUT2D eigenvalue weighted by atomic mass is 10.1. The molecule has 1 saturated heterocycles. The highest BCUT2D eigenvalue weighted by atomic mass is 16.5. The molecule has 0 radical (unpaired) electrons. The molecule has 136 valence electrons. The lowest BCUT2D eigenvalue weighted by Crippen LogP contribution is -2.41. The van der Waals surface area contributed by atoms with Crippen LogP contribution in [0.4, 0.5) is 0 Å². The molecule has 25 heavy (non-hydrogen) atoms. The van der Waals surface area contributed by atoms with Crippen LogP contribution in [0, 0.1) is 13.8 Å². The van der Waals surface area contributed by atoms with Gasteiger partial charge in [-0.2, -0.15) is 10.1 Å². The number of hydrogen-bond donors (Lipinski definition) is 0. The molecule has 8 heteroatoms. The van der Waals surface area contributed by atoms with Crippen molar-refractivity contribution in [3.8, 4) is 0 Å². The number of amides is 1. The van der Waals surface area contributed by atoms with Crippen molar-refractivity contribution in [1.82, 2.24) is 29.8 Å². The van der Waals surface area contributed by atoms with Crippen LogP contribution in [0.1, 0.15) is 62.0 Å². The first-order valence-corrected chi connectivity index (χ1v) is 9.05. The van der Waals surface area contributed by atoms with Crippen molar-refractivity contribution in [2.45, 2.75) is 65.3 Å². The molecule has 1 atom stereocenters. The Morgan fingerprint density at radius 2 is 2.12 bits per heavy atom. The first kappa shape index (κ1) is 17.6. The summed E-state index contributed by atoms with van der Waals surface area (Å²) >= 11 is 0. The number of carbonyl (C=O) groups is 1. The molecule has 0 unspecified atom stereocenters. The topological polar surface area (TPSA) is 89.9 Å². The van der Waals surface area contributed by atoms with Gasteiger partial charge in [-0.25, -0.2) is 9.67 Å². The molecular formula is C17H26N6O2. The van der Waals surface area contributed by atoms with Crippen LogP contribution in [-0.4, -0.2) is 48.8 Å². The average Bonchev–Trinajstić information content (AvgIpc) is 3.19. The zero-order valence-corrected chi connectivity index (χ0v) is 15.2. The van der Waals surface area contributed by atoms with Gasteiger partial charge < -0.3 is 9.42 Å². The van der Waals surface area contributed by atoms with Gasteiger partial charge in [0, 0.05) is 32.4 Å². The lowest BCUT2D eigenvalue weighted by Gasteiger charge is -2.33. The molecule has 0 saturated carbocycles. The molecule has 2 aromatic rings. The molecule has 1 aliphatic rings. The summed E-state index contributed by atoms with van der Waals surface area (Å²) in [7, 11) is 0. The number of aromatic nitrogens is 5. The Hall–Kier alpha value is -2.25. The van der Waals surface area contributed by atoms with Gasteiger partial charge in [0.25, 0.3) is 0 Å². The number of nitrogens with zero attached hydrogens (tertiary/aromatic N) is 6. The van der Waals surface area contributed by atoms with E-state index in [1.807, 2.05) is 23.4 Å². The van der Waals surface area contributed by atoms with Crippen molar-refractivity contribution in [3.63, 3.8) is 0 Å². The predicted octanol–water partition coefficient (Wildman–Crippen LogP) is 2.03. The fraction of sp³-hybridized carbons (Fsp3) is 0.706. The molecular weight excluding hydrogens is 320 g/mol. The minimum Gasteiger partial charge on any atom is -0.341 e. The van der Waals surface area contributed by atoms with Gasteiger partial charge in [0.2, 0.25) is 11.8 Å². The van der Waals surface area contributed by atoms with Crippen molar-refractivity contribution in [2.24, 2.45) is 0 Å². The molecule has 0 aliphatic carbocycles. The third-order valence-corrected chi connectivity index (χ3v) is 4.54. The molecule has 1 fully saturated rings. The number of carbonyl (C=O) groups excluding carboxylic acids is 1. The number of rotatable bonds is 6. The second-order valence-electron chi connectivity index (χ2n) is 6.64. The monoisotopic (exact) mass is 346 g/mol. The summed E-state index contributed by atoms with van der Waals surface area (Å²) in [5.74, 6) is 3.09. The van der Waals surface area contributed by atoms with Crippen LogP contribution in [0.15, 0.2) is 4.52 Å². The summed E-state index contributed by atoms with van der Waals surface area (Å²) in [5.41, 5.74) is 0. The van der Waals surface area contributed by atoms with Crippen molar-refractivity contribution in [3.05, 3.63) is 23.4 Å². The SMILES string of the molecule is CCCc1noc(CCC(=O)N2CCC[C@@H](n3nc(C)nc3C)C2)n1. The Labute approximate surface area is 147 Å². The molecule has 0 aromatic carbocycles. The first-order valence-electron chi connectivity index (χ1n) is 9.05. The Morgan fingerprint density at radius 3 is 2.84 bits per heavy atom. The quantitative estimate of drug-likeness (QED) is 0.795. The molecule has 3 rings (SSSR count). The zero-order chi connectivity index (χ0) is 17.8. The summed E-state index contributed by atoms with van der Waals surface area (Å²) in [6.07, 6.45) is 4.69. The van der Waals surface area contributed by atoms with E-state index >= 15 is 0 Å². The van der Waals surface area contributed by atoms with E-state index in [4.69, 9.17) is 4.52 Å². The third-order valence-electron chi connectivity index (χ3n) is 4.54. The van der Waals surface area contributed by atoms with Crippen molar-refractivity contribution < 1.29 is 9.32 Å². The molecule has 0 spiro atoms. The van der Waals surface area contributed by atoms with Crippen molar-refractivity contribution >= 4 is 5.91 Å². The van der Waals surface area contributed by atoms with Crippen LogP contribution in [0.2, 0.25) is 0 Å². The summed E-state index contributed by atoms with van der Waals surface area (Å²) in [6, 6.07) is 0.207. The van der Waals surface area contributed by atoms with Crippen LogP contribution >= 0.6 is 0 Å². The minimum absolute atomic E-state index is 0.134. The van der Waals surface area contributed by atoms with Crippen LogP contribution in [-0.2, 0) is 17.6 Å². The highest BCUT2D eigenvalue weighted by Gasteiger charge is 2.26. The third kappa shape index (κ3) is 4.24. The normalized spacial score (nSPS) is 17.9. The first-order chi connectivity index (χ1) is 12.1. The second kappa shape index (κ2) is 7.76. The zero-order valence-electron chi connectivity index (χ0n) is 15.2. The molecule has 0 bridgehead atoms. The van der Waals surface area contributed by atoms with E-state index in [1.54, 1.807) is 0 Å². The second-order valence-corrected chi connectivity index (χ2v) is 6.64. The van der Waals surface area contributed by atoms with Gasteiger partial charge in [0.05, 0.1) is 6.04 Å². The molecule has 1 aliphatic heterocycles. The van der Waals surface area contributed by atoms with Gasteiger partial charge in [-0.1, -0.05) is 12.1 Å². The highest BCUT2D eigenvalue weighted by Crippen LogP contribution is 2.22. The summed E-state index contributed by atoms with van der Waals surface area (Å²) in [4.78, 5) is 23.2. The highest BCUT2D eigenvalue weighted by molar-refractivity contribution is 5.76. The van der Waals surface area contributed by atoms with Crippen LogP contribution in [0.25, 0.3) is 0 Å². The van der Waals surface area contributed by atoms with Crippen LogP contribution in [0.5, 0.6) is 0 Å². The largest absolute Gasteiger partial charge is 0.341 e. The van der Waals surface area contributed by atoms with Gasteiger partial charge in [-0.05, 0) is 33.1 Å². The van der Waals surface area contributed by atoms with Crippen LogP contribution in [0.3, 0.4) is 0 Å². The maximum atomic E-state index is 12.6. The molecule has 8 nitrogen and oxygen atoms in total. The fourth-order valence-corrected chi connectivity index (χ4v) is 3.35. The number of aryl methyl sites for hydroxylation is 4. The van der Waals surface area contributed by atoms with E-state index < -0.39 is 0 Å². The Bertz CT molecular complexity index is 723. The van der Waals surface area contributed by atoms with Gasteiger partial charge in [0.1, 0.15) is 11.6 Å². The van der Waals surface area contributed by atoms with E-state index in [1.165, 1.54) is 0 Å². The Balaban J connectivity index is 1.55. The Morgan fingerprint density at radius 1 is 1.28 bits per heavy atom. The smallest absolute Gasteiger partial charge is 0.227 e. The molecule has 0 N–H and O–H groups in total. The van der Waals surface area contributed by atoms with Crippen LogP contribution < -0.4 is 0 Å². The number of hydrogen-bond acceptors (Lipinski definition) is 6. The summed E-state index contributed by atoms with van der Waals surface area (Å²) in [6.45, 7) is 7.42. The Kier molecular flexibility index (Phi) is 5.45. The minimum atomic E-state index is 0.134. The molecule has 2 aromatic heterocycles. The van der Waals surface area contributed by atoms with E-state index in [-0.39, 0.29) is 11.9 Å². The van der Waals surface area contributed by atoms with E-state index in [9.17, 15) is 4.79 Å². The van der Waals surface area contributed by atoms with Crippen molar-refractivity contribution in [2.75, 3.05) is 13.1 Å². The number of piperidine rings is 1. The lowest BCUT2D eigenvalue weighted by molar-refractivity contribution is -0.133. The fourth-order valence-electron chi connectivity index (χ4n) is 3.35. The average molecular weight is 346 g/mol. The number of likely N-dealkylation sites (tertiary alicyclic amines) is 1. The predicted molar refractivity (Wildman–Crippen MR) is 91.0 cm³/mol. The van der Waals surface area contributed by atoms with Gasteiger partial charge in [-0.15, -0.1) is 0 Å². The maximum absolute atomic E-state index is 12.6. The van der Waals surface area contributed by atoms with Gasteiger partial charge in [0.15, 0.2) is 5.82 Å². The van der Waals surface area contributed by atoms with Gasteiger partial charge in [-0.3, -0.25) is 4.79 Å². The molecule has 3 heterocycles. The maximum Gasteiger partial charge on any atom is 0.227 e. The van der Waals surface area contributed by atoms with E-state index in [0.717, 1.165) is 49.7 Å². The van der Waals surface area contributed by atoms with Crippen molar-refractivity contribution in [1.29, 1.82) is 0 Å².